The molecule has 0 aromatic heterocycles. The van der Waals surface area contributed by atoms with Crippen LogP contribution in [0.1, 0.15) is 34.7 Å². The zero-order valence-electron chi connectivity index (χ0n) is 23.0. The maximum atomic E-state index is 13.4. The lowest BCUT2D eigenvalue weighted by Gasteiger charge is -2.31. The van der Waals surface area contributed by atoms with E-state index in [-0.39, 0.29) is 28.6 Å². The minimum absolute atomic E-state index is 0.0879. The Morgan fingerprint density at radius 3 is 2.17 bits per heavy atom. The van der Waals surface area contributed by atoms with E-state index in [0.29, 0.717) is 37.5 Å². The predicted octanol–water partition coefficient (Wildman–Crippen LogP) is 2.96. The summed E-state index contributed by atoms with van der Waals surface area (Å²) in [7, 11) is -3.28. The largest absolute Gasteiger partial charge is 0.340 e. The van der Waals surface area contributed by atoms with Crippen LogP contribution in [0.25, 0.3) is 11.1 Å². The van der Waals surface area contributed by atoms with Gasteiger partial charge >= 0.3 is 0 Å². The number of piperazine rings is 1. The molecule has 1 saturated carbocycles. The Hall–Kier alpha value is -3.60. The van der Waals surface area contributed by atoms with Crippen LogP contribution in [0.15, 0.2) is 77.7 Å². The standard InChI is InChI=1S/C31H35FN4O4S/c1-41(39,40)26-12-8-22(9-13-26)21-2-4-24(5-3-21)30(37)35-28(31(38)36-18-16-33-17-19-36)14-15-34-29-20-27(29)23-6-10-25(32)11-7-23/h2-13,27-29,33-34H,14-20H2,1H3,(H,35,37)/t27-,28-,29+/m0/s1. The summed E-state index contributed by atoms with van der Waals surface area (Å²) in [4.78, 5) is 28.6. The molecule has 3 aromatic rings. The maximum Gasteiger partial charge on any atom is 0.251 e. The Morgan fingerprint density at radius 1 is 0.951 bits per heavy atom. The molecule has 41 heavy (non-hydrogen) atoms. The summed E-state index contributed by atoms with van der Waals surface area (Å²) in [5.74, 6) is -0.335. The normalized spacial score (nSPS) is 19.4. The second-order valence-electron chi connectivity index (χ2n) is 10.7. The molecular weight excluding hydrogens is 543 g/mol. The first-order chi connectivity index (χ1) is 19.7. The first-order valence-electron chi connectivity index (χ1n) is 13.9. The van der Waals surface area contributed by atoms with Gasteiger partial charge in [-0.2, -0.15) is 0 Å². The third-order valence-electron chi connectivity index (χ3n) is 7.72. The number of amides is 2. The molecule has 0 unspecified atom stereocenters. The van der Waals surface area contributed by atoms with Crippen molar-refractivity contribution in [2.24, 2.45) is 0 Å². The van der Waals surface area contributed by atoms with Crippen LogP contribution < -0.4 is 16.0 Å². The van der Waals surface area contributed by atoms with Crippen molar-refractivity contribution in [2.75, 3.05) is 39.0 Å². The van der Waals surface area contributed by atoms with Gasteiger partial charge in [-0.3, -0.25) is 9.59 Å². The van der Waals surface area contributed by atoms with E-state index >= 15 is 0 Å². The summed E-state index contributed by atoms with van der Waals surface area (Å²) in [6, 6.07) is 19.8. The van der Waals surface area contributed by atoms with Gasteiger partial charge < -0.3 is 20.9 Å². The molecule has 1 saturated heterocycles. The SMILES string of the molecule is CS(=O)(=O)c1ccc(-c2ccc(C(=O)N[C@@H](CCN[C@@H]3C[C@H]3c3ccc(F)cc3)C(=O)N3CCNCC3)cc2)cc1. The van der Waals surface area contributed by atoms with E-state index in [1.165, 1.54) is 18.4 Å². The first kappa shape index (κ1) is 28.9. The number of nitrogens with zero attached hydrogens (tertiary/aromatic N) is 1. The number of sulfone groups is 1. The molecule has 8 nitrogen and oxygen atoms in total. The molecule has 2 fully saturated rings. The van der Waals surface area contributed by atoms with E-state index in [1.807, 2.05) is 24.3 Å². The van der Waals surface area contributed by atoms with Crippen LogP contribution in [0.5, 0.6) is 0 Å². The van der Waals surface area contributed by atoms with Crippen molar-refractivity contribution in [3.05, 3.63) is 89.7 Å². The van der Waals surface area contributed by atoms with Gasteiger partial charge in [0, 0.05) is 50.0 Å². The number of carbonyl (C=O) groups is 2. The molecule has 3 N–H and O–H groups in total. The topological polar surface area (TPSA) is 108 Å². The molecule has 2 amide bonds. The molecule has 1 aliphatic heterocycles. The highest BCUT2D eigenvalue weighted by Gasteiger charge is 2.38. The van der Waals surface area contributed by atoms with Crippen molar-refractivity contribution in [3.8, 4) is 11.1 Å². The molecule has 1 heterocycles. The minimum Gasteiger partial charge on any atom is -0.340 e. The van der Waals surface area contributed by atoms with E-state index in [4.69, 9.17) is 0 Å². The number of benzene rings is 3. The zero-order chi connectivity index (χ0) is 29.0. The minimum atomic E-state index is -3.28. The Labute approximate surface area is 240 Å². The van der Waals surface area contributed by atoms with Crippen molar-refractivity contribution in [3.63, 3.8) is 0 Å². The second kappa shape index (κ2) is 12.5. The summed E-state index contributed by atoms with van der Waals surface area (Å²) in [6.45, 7) is 3.20. The van der Waals surface area contributed by atoms with Gasteiger partial charge in [0.15, 0.2) is 9.84 Å². The van der Waals surface area contributed by atoms with Crippen molar-refractivity contribution in [2.45, 2.75) is 35.7 Å². The number of carbonyl (C=O) groups excluding carboxylic acids is 2. The van der Waals surface area contributed by atoms with Crippen molar-refractivity contribution < 1.29 is 22.4 Å². The van der Waals surface area contributed by atoms with Gasteiger partial charge in [0.1, 0.15) is 11.9 Å². The molecule has 0 spiro atoms. The summed E-state index contributed by atoms with van der Waals surface area (Å²) in [5, 5.41) is 9.70. The third kappa shape index (κ3) is 7.38. The highest BCUT2D eigenvalue weighted by Crippen LogP contribution is 2.40. The lowest BCUT2D eigenvalue weighted by Crippen LogP contribution is -2.54. The number of hydrogen-bond acceptors (Lipinski definition) is 6. The van der Waals surface area contributed by atoms with Crippen LogP contribution in [0, 0.1) is 5.82 Å². The Bertz CT molecular complexity index is 1470. The number of nitrogens with one attached hydrogen (secondary N) is 3. The van der Waals surface area contributed by atoms with E-state index in [0.717, 1.165) is 36.2 Å². The van der Waals surface area contributed by atoms with Crippen LogP contribution in [-0.2, 0) is 14.6 Å². The number of rotatable bonds is 10. The van der Waals surface area contributed by atoms with Gasteiger partial charge in [0.05, 0.1) is 4.90 Å². The van der Waals surface area contributed by atoms with Gasteiger partial charge in [-0.1, -0.05) is 36.4 Å². The highest BCUT2D eigenvalue weighted by atomic mass is 32.2. The molecule has 0 bridgehead atoms. The van der Waals surface area contributed by atoms with E-state index in [2.05, 4.69) is 16.0 Å². The molecule has 3 aromatic carbocycles. The fraction of sp³-hybridized carbons (Fsp3) is 0.355. The molecule has 5 rings (SSSR count). The predicted molar refractivity (Wildman–Crippen MR) is 156 cm³/mol. The van der Waals surface area contributed by atoms with Crippen LogP contribution in [-0.4, -0.2) is 76.2 Å². The fourth-order valence-corrected chi connectivity index (χ4v) is 5.86. The lowest BCUT2D eigenvalue weighted by molar-refractivity contribution is -0.134. The summed E-state index contributed by atoms with van der Waals surface area (Å²) in [5.41, 5.74) is 3.21. The zero-order valence-corrected chi connectivity index (χ0v) is 23.8. The molecule has 2 aliphatic rings. The molecule has 0 radical (unpaired) electrons. The van der Waals surface area contributed by atoms with Gasteiger partial charge in [0.2, 0.25) is 5.91 Å². The van der Waals surface area contributed by atoms with Crippen LogP contribution in [0.4, 0.5) is 4.39 Å². The molecule has 1 aliphatic carbocycles. The van der Waals surface area contributed by atoms with Gasteiger partial charge in [-0.25, -0.2) is 12.8 Å². The average Bonchev–Trinajstić information content (AvgIpc) is 3.76. The van der Waals surface area contributed by atoms with E-state index in [9.17, 15) is 22.4 Å². The Balaban J connectivity index is 1.21. The maximum absolute atomic E-state index is 13.4. The quantitative estimate of drug-likeness (QED) is 0.342. The third-order valence-corrected chi connectivity index (χ3v) is 8.85. The van der Waals surface area contributed by atoms with E-state index in [1.54, 1.807) is 41.3 Å². The number of halogens is 1. The average molecular weight is 579 g/mol. The van der Waals surface area contributed by atoms with Crippen molar-refractivity contribution in [1.29, 1.82) is 0 Å². The molecular formula is C31H35FN4O4S. The summed E-state index contributed by atoms with van der Waals surface area (Å²) < 4.78 is 36.7. The molecule has 3 atom stereocenters. The van der Waals surface area contributed by atoms with Crippen molar-refractivity contribution in [1.82, 2.24) is 20.9 Å². The molecule has 216 valence electrons. The monoisotopic (exact) mass is 578 g/mol. The van der Waals surface area contributed by atoms with Crippen LogP contribution >= 0.6 is 0 Å². The van der Waals surface area contributed by atoms with Crippen LogP contribution in [0.2, 0.25) is 0 Å². The summed E-state index contributed by atoms with van der Waals surface area (Å²) in [6.07, 6.45) is 2.58. The fourth-order valence-electron chi connectivity index (χ4n) is 5.23. The van der Waals surface area contributed by atoms with Crippen molar-refractivity contribution >= 4 is 21.7 Å². The lowest BCUT2D eigenvalue weighted by atomic mass is 10.0. The molecule has 10 heteroatoms. The highest BCUT2D eigenvalue weighted by molar-refractivity contribution is 7.90. The Morgan fingerprint density at radius 2 is 1.56 bits per heavy atom. The van der Waals surface area contributed by atoms with Gasteiger partial charge in [-0.15, -0.1) is 0 Å². The van der Waals surface area contributed by atoms with E-state index < -0.39 is 15.9 Å². The van der Waals surface area contributed by atoms with Crippen LogP contribution in [0.3, 0.4) is 0 Å². The number of hydrogen-bond donors (Lipinski definition) is 3. The first-order valence-corrected chi connectivity index (χ1v) is 15.8. The summed E-state index contributed by atoms with van der Waals surface area (Å²) >= 11 is 0. The van der Waals surface area contributed by atoms with Gasteiger partial charge in [0.25, 0.3) is 5.91 Å². The Kier molecular flexibility index (Phi) is 8.82. The van der Waals surface area contributed by atoms with Gasteiger partial charge in [-0.05, 0) is 72.5 Å². The smallest absolute Gasteiger partial charge is 0.251 e. The second-order valence-corrected chi connectivity index (χ2v) is 12.7.